The summed E-state index contributed by atoms with van der Waals surface area (Å²) in [6.45, 7) is 3.94. The van der Waals surface area contributed by atoms with Gasteiger partial charge in [0.25, 0.3) is 0 Å². The fourth-order valence-corrected chi connectivity index (χ4v) is 6.51. The lowest BCUT2D eigenvalue weighted by Gasteiger charge is -2.31. The maximum Gasteiger partial charge on any atom is 0.242 e. The third kappa shape index (κ3) is 4.98. The first-order chi connectivity index (χ1) is 17.0. The molecule has 2 heterocycles. The van der Waals surface area contributed by atoms with Crippen LogP contribution in [0.15, 0.2) is 72.1 Å². The summed E-state index contributed by atoms with van der Waals surface area (Å²) >= 11 is 0. The molecule has 0 N–H and O–H groups in total. The second kappa shape index (κ2) is 9.76. The zero-order valence-corrected chi connectivity index (χ0v) is 21.8. The molecule has 0 aliphatic rings. The topological polar surface area (TPSA) is 131 Å². The Hall–Kier alpha value is -3.68. The van der Waals surface area contributed by atoms with Gasteiger partial charge in [-0.25, -0.2) is 36.5 Å². The van der Waals surface area contributed by atoms with E-state index in [1.807, 2.05) is 38.1 Å². The summed E-state index contributed by atoms with van der Waals surface area (Å²) in [4.78, 5) is 13.3. The molecule has 4 rings (SSSR count). The van der Waals surface area contributed by atoms with Gasteiger partial charge in [0.05, 0.1) is 41.2 Å². The van der Waals surface area contributed by atoms with E-state index in [2.05, 4.69) is 20.1 Å². The van der Waals surface area contributed by atoms with Crippen LogP contribution in [0.4, 0.5) is 17.2 Å². The van der Waals surface area contributed by atoms with Crippen molar-refractivity contribution in [2.24, 2.45) is 4.99 Å². The summed E-state index contributed by atoms with van der Waals surface area (Å²) in [5.74, 6) is 0.0269. The van der Waals surface area contributed by atoms with Crippen LogP contribution in [-0.2, 0) is 20.0 Å². The van der Waals surface area contributed by atoms with E-state index in [0.717, 1.165) is 29.7 Å². The number of fused-ring (bicyclic) bond motifs is 1. The molecule has 0 radical (unpaired) electrons. The summed E-state index contributed by atoms with van der Waals surface area (Å²) < 4.78 is 52.8. The third-order valence-corrected chi connectivity index (χ3v) is 8.30. The normalized spacial score (nSPS) is 12.9. The Morgan fingerprint density at radius 3 is 2.22 bits per heavy atom. The Labute approximate surface area is 209 Å². The molecule has 188 valence electrons. The van der Waals surface area contributed by atoms with Crippen LogP contribution in [0.3, 0.4) is 0 Å². The molecular formula is C23H25N7O4S2. The van der Waals surface area contributed by atoms with Crippen molar-refractivity contribution >= 4 is 54.0 Å². The number of rotatable bonds is 8. The van der Waals surface area contributed by atoms with E-state index in [1.54, 1.807) is 35.0 Å². The van der Waals surface area contributed by atoms with Crippen LogP contribution >= 0.6 is 0 Å². The quantitative estimate of drug-likeness (QED) is 0.251. The molecule has 4 aromatic rings. The Morgan fingerprint density at radius 2 is 1.58 bits per heavy atom. The highest BCUT2D eigenvalue weighted by Gasteiger charge is 2.37. The molecule has 11 nitrogen and oxygen atoms in total. The summed E-state index contributed by atoms with van der Waals surface area (Å²) in [5, 5.41) is 5.85. The number of hydrazine groups is 1. The number of aromatic nitrogens is 4. The van der Waals surface area contributed by atoms with Gasteiger partial charge in [-0.2, -0.15) is 5.10 Å². The van der Waals surface area contributed by atoms with Crippen molar-refractivity contribution in [1.82, 2.24) is 23.6 Å². The fraction of sp³-hybridized carbons (Fsp3) is 0.217. The highest BCUT2D eigenvalue weighted by molar-refractivity contribution is 8.03. The van der Waals surface area contributed by atoms with Gasteiger partial charge in [0.2, 0.25) is 20.0 Å². The molecule has 36 heavy (non-hydrogen) atoms. The fourth-order valence-electron chi connectivity index (χ4n) is 3.60. The van der Waals surface area contributed by atoms with Crippen molar-refractivity contribution < 1.29 is 16.8 Å². The van der Waals surface area contributed by atoms with Crippen molar-refractivity contribution in [3.8, 4) is 5.69 Å². The van der Waals surface area contributed by atoms with Gasteiger partial charge in [0.1, 0.15) is 6.33 Å². The molecule has 0 amide bonds. The Bertz CT molecular complexity index is 1620. The van der Waals surface area contributed by atoms with Crippen LogP contribution in [0, 0.1) is 0 Å². The zero-order valence-electron chi connectivity index (χ0n) is 20.1. The number of sulfonamides is 2. The highest BCUT2D eigenvalue weighted by atomic mass is 32.3. The van der Waals surface area contributed by atoms with E-state index >= 15 is 0 Å². The average Bonchev–Trinajstić information content (AvgIpc) is 3.26. The summed E-state index contributed by atoms with van der Waals surface area (Å²) in [5.41, 5.74) is 2.88. The van der Waals surface area contributed by atoms with E-state index in [4.69, 9.17) is 0 Å². The minimum absolute atomic E-state index is 0.0269. The molecule has 0 aliphatic carbocycles. The maximum atomic E-state index is 12.7. The maximum absolute atomic E-state index is 12.7. The standard InChI is InChI=1S/C23H25N7O4S2/c1-5-17(2)27-20-13-9-10-14-21(20)28-22-19(15-26-28)23(25-16-24-22)29(18-11-7-6-8-12-18)30(35(3,31)32)36(4,33)34/h6-16H,5H2,1-4H3. The molecule has 0 unspecified atom stereocenters. The van der Waals surface area contributed by atoms with E-state index in [-0.39, 0.29) is 11.5 Å². The molecule has 13 heteroatoms. The second-order valence-electron chi connectivity index (χ2n) is 8.03. The molecule has 2 aromatic heterocycles. The van der Waals surface area contributed by atoms with Gasteiger partial charge in [0, 0.05) is 9.53 Å². The van der Waals surface area contributed by atoms with Gasteiger partial charge >= 0.3 is 0 Å². The van der Waals surface area contributed by atoms with E-state index < -0.39 is 20.0 Å². The molecule has 0 atom stereocenters. The van der Waals surface area contributed by atoms with E-state index in [9.17, 15) is 16.8 Å². The summed E-state index contributed by atoms with van der Waals surface area (Å²) in [6.07, 6.45) is 5.11. The van der Waals surface area contributed by atoms with Crippen LogP contribution in [0.1, 0.15) is 20.3 Å². The zero-order chi connectivity index (χ0) is 26.1. The first-order valence-electron chi connectivity index (χ1n) is 10.9. The molecular weight excluding hydrogens is 502 g/mol. The van der Waals surface area contributed by atoms with Crippen molar-refractivity contribution in [1.29, 1.82) is 0 Å². The predicted octanol–water partition coefficient (Wildman–Crippen LogP) is 3.59. The monoisotopic (exact) mass is 527 g/mol. The number of para-hydroxylation sites is 3. The van der Waals surface area contributed by atoms with Crippen LogP contribution in [-0.4, -0.2) is 58.6 Å². The summed E-state index contributed by atoms with van der Waals surface area (Å²) in [7, 11) is -8.58. The lowest BCUT2D eigenvalue weighted by molar-refractivity contribution is 0.507. The van der Waals surface area contributed by atoms with Crippen molar-refractivity contribution in [2.75, 3.05) is 17.5 Å². The van der Waals surface area contributed by atoms with E-state index in [1.165, 1.54) is 12.5 Å². The number of anilines is 2. The lowest BCUT2D eigenvalue weighted by Crippen LogP contribution is -2.47. The third-order valence-electron chi connectivity index (χ3n) is 5.21. The van der Waals surface area contributed by atoms with Gasteiger partial charge in [-0.3, -0.25) is 4.99 Å². The second-order valence-corrected chi connectivity index (χ2v) is 11.9. The SMILES string of the molecule is CCC(C)=Nc1ccccc1-n1ncc2c(N(c3ccccc3)N(S(C)(=O)=O)S(C)(=O)=O)ncnc21. The predicted molar refractivity (Wildman–Crippen MR) is 140 cm³/mol. The van der Waals surface area contributed by atoms with Crippen LogP contribution in [0.5, 0.6) is 0 Å². The number of aliphatic imine (C=N–C) groups is 1. The first kappa shape index (κ1) is 25.4. The number of benzene rings is 2. The smallest absolute Gasteiger partial charge is 0.242 e. The Morgan fingerprint density at radius 1 is 0.944 bits per heavy atom. The van der Waals surface area contributed by atoms with Gasteiger partial charge in [0.15, 0.2) is 11.5 Å². The van der Waals surface area contributed by atoms with Gasteiger partial charge < -0.3 is 0 Å². The van der Waals surface area contributed by atoms with Gasteiger partial charge in [-0.1, -0.05) is 37.3 Å². The largest absolute Gasteiger partial charge is 0.256 e. The highest BCUT2D eigenvalue weighted by Crippen LogP contribution is 2.35. The van der Waals surface area contributed by atoms with Crippen LogP contribution in [0.2, 0.25) is 0 Å². The molecule has 0 fully saturated rings. The molecule has 0 saturated carbocycles. The van der Waals surface area contributed by atoms with Crippen molar-refractivity contribution in [3.63, 3.8) is 0 Å². The van der Waals surface area contributed by atoms with E-state index in [0.29, 0.717) is 26.2 Å². The number of nitrogens with zero attached hydrogens (tertiary/aromatic N) is 7. The van der Waals surface area contributed by atoms with Gasteiger partial charge in [-0.15, -0.1) is 0 Å². The van der Waals surface area contributed by atoms with Gasteiger partial charge in [-0.05, 0) is 37.6 Å². The Kier molecular flexibility index (Phi) is 6.89. The minimum Gasteiger partial charge on any atom is -0.256 e. The number of hydrogen-bond donors (Lipinski definition) is 0. The molecule has 0 aliphatic heterocycles. The molecule has 0 saturated heterocycles. The molecule has 0 spiro atoms. The molecule has 0 bridgehead atoms. The van der Waals surface area contributed by atoms with Crippen molar-refractivity contribution in [3.05, 3.63) is 67.1 Å². The minimum atomic E-state index is -4.29. The molecule has 2 aromatic carbocycles. The first-order valence-corrected chi connectivity index (χ1v) is 14.6. The van der Waals surface area contributed by atoms with Crippen LogP contribution < -0.4 is 5.01 Å². The van der Waals surface area contributed by atoms with Crippen molar-refractivity contribution in [2.45, 2.75) is 20.3 Å². The van der Waals surface area contributed by atoms with Crippen LogP contribution in [0.25, 0.3) is 16.7 Å². The summed E-state index contributed by atoms with van der Waals surface area (Å²) in [6, 6.07) is 15.6. The lowest BCUT2D eigenvalue weighted by atomic mass is 10.2. The average molecular weight is 528 g/mol. The number of hydrogen-bond acceptors (Lipinski definition) is 9. The Balaban J connectivity index is 2.00.